The summed E-state index contributed by atoms with van der Waals surface area (Å²) in [6.45, 7) is 4.13. The van der Waals surface area contributed by atoms with E-state index in [-0.39, 0.29) is 0 Å². The molecule has 6 nitrogen and oxygen atoms in total. The van der Waals surface area contributed by atoms with Gasteiger partial charge in [-0.15, -0.1) is 10.2 Å². The summed E-state index contributed by atoms with van der Waals surface area (Å²) in [5.74, 6) is 1.70. The Morgan fingerprint density at radius 2 is 2.04 bits per heavy atom. The van der Waals surface area contributed by atoms with Gasteiger partial charge in [0.2, 0.25) is 5.89 Å². The van der Waals surface area contributed by atoms with Crippen molar-refractivity contribution in [2.24, 2.45) is 0 Å². The molecule has 1 aromatic carbocycles. The van der Waals surface area contributed by atoms with Crippen LogP contribution in [0.1, 0.15) is 16.8 Å². The Morgan fingerprint density at radius 1 is 1.12 bits per heavy atom. The van der Waals surface area contributed by atoms with Crippen molar-refractivity contribution in [3.63, 3.8) is 0 Å². The molecule has 4 aromatic rings. The van der Waals surface area contributed by atoms with Crippen molar-refractivity contribution in [3.05, 3.63) is 59.6 Å². The molecule has 4 rings (SSSR count). The van der Waals surface area contributed by atoms with Crippen molar-refractivity contribution < 1.29 is 8.83 Å². The molecular formula is C18H16N4O2S. The monoisotopic (exact) mass is 352 g/mol. The molecule has 0 aliphatic heterocycles. The molecular weight excluding hydrogens is 336 g/mol. The quantitative estimate of drug-likeness (QED) is 0.528. The SMILES string of the molecule is Cc1ccc(-c2nc(CSc3nnc(-c4ccc[nH]4)o3)co2)c(C)c1. The first kappa shape index (κ1) is 15.7. The molecule has 0 saturated carbocycles. The molecule has 7 heteroatoms. The van der Waals surface area contributed by atoms with Crippen molar-refractivity contribution in [3.8, 4) is 23.0 Å². The topological polar surface area (TPSA) is 80.7 Å². The standard InChI is InChI=1S/C18H16N4O2S/c1-11-5-6-14(12(2)8-11)16-20-13(9-23-16)10-25-18-22-21-17(24-18)15-4-3-7-19-15/h3-9,19H,10H2,1-2H3. The van der Waals surface area contributed by atoms with Crippen LogP contribution in [0.2, 0.25) is 0 Å². The minimum Gasteiger partial charge on any atom is -0.444 e. The molecule has 0 fully saturated rings. The highest BCUT2D eigenvalue weighted by Gasteiger charge is 2.13. The zero-order chi connectivity index (χ0) is 17.2. The summed E-state index contributed by atoms with van der Waals surface area (Å²) in [6.07, 6.45) is 3.49. The number of nitrogens with one attached hydrogen (secondary N) is 1. The number of H-pyrrole nitrogens is 1. The van der Waals surface area contributed by atoms with Crippen LogP contribution in [0.15, 0.2) is 56.8 Å². The summed E-state index contributed by atoms with van der Waals surface area (Å²) >= 11 is 1.43. The second kappa shape index (κ2) is 6.60. The van der Waals surface area contributed by atoms with Gasteiger partial charge in [0.1, 0.15) is 12.0 Å². The summed E-state index contributed by atoms with van der Waals surface area (Å²) in [7, 11) is 0. The number of oxazole rings is 1. The molecule has 3 heterocycles. The van der Waals surface area contributed by atoms with E-state index in [2.05, 4.69) is 46.1 Å². The molecule has 126 valence electrons. The van der Waals surface area contributed by atoms with Gasteiger partial charge >= 0.3 is 0 Å². The molecule has 0 radical (unpaired) electrons. The number of aryl methyl sites for hydroxylation is 2. The van der Waals surface area contributed by atoms with Gasteiger partial charge in [0.15, 0.2) is 0 Å². The van der Waals surface area contributed by atoms with E-state index >= 15 is 0 Å². The van der Waals surface area contributed by atoms with Gasteiger partial charge in [-0.05, 0) is 37.6 Å². The average molecular weight is 352 g/mol. The lowest BCUT2D eigenvalue weighted by molar-refractivity contribution is 0.464. The summed E-state index contributed by atoms with van der Waals surface area (Å²) < 4.78 is 11.3. The highest BCUT2D eigenvalue weighted by atomic mass is 32.2. The zero-order valence-corrected chi connectivity index (χ0v) is 14.6. The Hall–Kier alpha value is -2.80. The summed E-state index contributed by atoms with van der Waals surface area (Å²) in [5, 5.41) is 8.58. The summed E-state index contributed by atoms with van der Waals surface area (Å²) in [4.78, 5) is 7.60. The van der Waals surface area contributed by atoms with Crippen LogP contribution in [0.3, 0.4) is 0 Å². The Bertz CT molecular complexity index is 988. The minimum atomic E-state index is 0.476. The normalized spacial score (nSPS) is 11.1. The van der Waals surface area contributed by atoms with Crippen LogP contribution in [0, 0.1) is 13.8 Å². The minimum absolute atomic E-state index is 0.476. The molecule has 0 atom stereocenters. The van der Waals surface area contributed by atoms with E-state index in [0.717, 1.165) is 22.5 Å². The summed E-state index contributed by atoms with van der Waals surface area (Å²) in [5.41, 5.74) is 5.01. The number of hydrogen-bond donors (Lipinski definition) is 1. The van der Waals surface area contributed by atoms with Crippen LogP contribution in [-0.4, -0.2) is 20.2 Å². The third-order valence-corrected chi connectivity index (χ3v) is 4.59. The third-order valence-electron chi connectivity index (χ3n) is 3.74. The highest BCUT2D eigenvalue weighted by Crippen LogP contribution is 2.27. The van der Waals surface area contributed by atoms with E-state index in [9.17, 15) is 0 Å². The number of nitrogens with zero attached hydrogens (tertiary/aromatic N) is 3. The molecule has 0 bridgehead atoms. The molecule has 25 heavy (non-hydrogen) atoms. The molecule has 0 aliphatic carbocycles. The van der Waals surface area contributed by atoms with Gasteiger partial charge < -0.3 is 13.8 Å². The molecule has 3 aromatic heterocycles. The van der Waals surface area contributed by atoms with Crippen LogP contribution >= 0.6 is 11.8 Å². The van der Waals surface area contributed by atoms with E-state index in [1.807, 2.05) is 24.4 Å². The highest BCUT2D eigenvalue weighted by molar-refractivity contribution is 7.98. The number of aromatic amines is 1. The maximum Gasteiger partial charge on any atom is 0.277 e. The molecule has 0 amide bonds. The van der Waals surface area contributed by atoms with Crippen molar-refractivity contribution >= 4 is 11.8 Å². The zero-order valence-electron chi connectivity index (χ0n) is 13.8. The van der Waals surface area contributed by atoms with Gasteiger partial charge in [-0.25, -0.2) is 4.98 Å². The van der Waals surface area contributed by atoms with Crippen LogP contribution in [0.5, 0.6) is 0 Å². The maximum absolute atomic E-state index is 5.63. The first-order valence-electron chi connectivity index (χ1n) is 7.81. The number of rotatable bonds is 5. The fourth-order valence-electron chi connectivity index (χ4n) is 2.53. The van der Waals surface area contributed by atoms with Crippen LogP contribution in [0.4, 0.5) is 0 Å². The van der Waals surface area contributed by atoms with Crippen molar-refractivity contribution in [2.45, 2.75) is 24.8 Å². The van der Waals surface area contributed by atoms with Gasteiger partial charge in [0, 0.05) is 17.5 Å². The predicted molar refractivity (Wildman–Crippen MR) is 95.1 cm³/mol. The van der Waals surface area contributed by atoms with Crippen LogP contribution < -0.4 is 0 Å². The van der Waals surface area contributed by atoms with Crippen molar-refractivity contribution in [1.82, 2.24) is 20.2 Å². The maximum atomic E-state index is 5.63. The van der Waals surface area contributed by atoms with Gasteiger partial charge in [0.05, 0.1) is 5.69 Å². The van der Waals surface area contributed by atoms with E-state index in [1.54, 1.807) is 6.26 Å². The van der Waals surface area contributed by atoms with Gasteiger partial charge in [-0.2, -0.15) is 0 Å². The number of hydrogen-bond acceptors (Lipinski definition) is 6. The van der Waals surface area contributed by atoms with Gasteiger partial charge in [-0.1, -0.05) is 29.5 Å². The molecule has 0 unspecified atom stereocenters. The lowest BCUT2D eigenvalue weighted by Gasteiger charge is -2.02. The number of thioether (sulfide) groups is 1. The second-order valence-corrected chi connectivity index (χ2v) is 6.63. The fourth-order valence-corrected chi connectivity index (χ4v) is 3.17. The van der Waals surface area contributed by atoms with Crippen LogP contribution in [0.25, 0.3) is 23.0 Å². The molecule has 0 saturated heterocycles. The first-order chi connectivity index (χ1) is 12.2. The molecule has 1 N–H and O–H groups in total. The van der Waals surface area contributed by atoms with Crippen molar-refractivity contribution in [1.29, 1.82) is 0 Å². The Labute approximate surface area is 148 Å². The second-order valence-electron chi connectivity index (χ2n) is 5.71. The first-order valence-corrected chi connectivity index (χ1v) is 8.80. The number of aromatic nitrogens is 4. The lowest BCUT2D eigenvalue weighted by atomic mass is 10.1. The van der Waals surface area contributed by atoms with E-state index in [0.29, 0.717) is 22.8 Å². The molecule has 0 aliphatic rings. The average Bonchev–Trinajstić information content (AvgIpc) is 3.34. The predicted octanol–water partition coefficient (Wildman–Crippen LogP) is 4.63. The largest absolute Gasteiger partial charge is 0.444 e. The number of benzene rings is 1. The Morgan fingerprint density at radius 3 is 2.84 bits per heavy atom. The summed E-state index contributed by atoms with van der Waals surface area (Å²) in [6, 6.07) is 9.98. The smallest absolute Gasteiger partial charge is 0.277 e. The van der Waals surface area contributed by atoms with Gasteiger partial charge in [-0.3, -0.25) is 0 Å². The third kappa shape index (κ3) is 3.36. The fraction of sp³-hybridized carbons (Fsp3) is 0.167. The van der Waals surface area contributed by atoms with E-state index < -0.39 is 0 Å². The van der Waals surface area contributed by atoms with E-state index in [4.69, 9.17) is 8.83 Å². The lowest BCUT2D eigenvalue weighted by Crippen LogP contribution is -1.86. The van der Waals surface area contributed by atoms with E-state index in [1.165, 1.54) is 17.3 Å². The molecule has 0 spiro atoms. The van der Waals surface area contributed by atoms with Crippen molar-refractivity contribution in [2.75, 3.05) is 0 Å². The Balaban J connectivity index is 1.45. The van der Waals surface area contributed by atoms with Gasteiger partial charge in [0.25, 0.3) is 11.1 Å². The van der Waals surface area contributed by atoms with Crippen LogP contribution in [-0.2, 0) is 5.75 Å². The Kier molecular flexibility index (Phi) is 4.15.